The number of nitrogens with zero attached hydrogens (tertiary/aromatic N) is 8. The Balaban J connectivity index is 1.15. The molecule has 0 amide bonds. The molecule has 7 N–H and O–H groups in total. The summed E-state index contributed by atoms with van der Waals surface area (Å²) < 4.78 is 51.8. The van der Waals surface area contributed by atoms with Crippen molar-refractivity contribution < 1.29 is 41.9 Å². The summed E-state index contributed by atoms with van der Waals surface area (Å²) in [6, 6.07) is -0.282. The molecule has 2 saturated carbocycles. The number of anilines is 2. The Morgan fingerprint density at radius 3 is 2.77 bits per heavy atom. The standard InChI is InChI=1S/C23H29N11O10P2S/c1-8-13(33-7-28-11-17(24)26-6-27-18(11)33)9-3-23(9)5-41-45(36,37)43-15-14(39-2)10(4-40-46(38,47)44-16(8)23)42-21(15)34-19-12(31-32-34)20(35)30-22(25)29-19/h6-10,13-16,21H,3-5H2,1-2H3,(H,36,37)(H,38,47)(H2,24,26,27)(H3,25,29,30,35)/t8-,9+,10+,13-,14+,15+,16-,21+,23?,46?/m0/s1. The Kier molecular flexibility index (Phi) is 7.15. The highest BCUT2D eigenvalue weighted by atomic mass is 32.5. The number of aromatic amines is 1. The highest BCUT2D eigenvalue weighted by molar-refractivity contribution is 8.07. The molecule has 6 heterocycles. The fourth-order valence-electron chi connectivity index (χ4n) is 7.38. The Morgan fingerprint density at radius 1 is 1.17 bits per heavy atom. The van der Waals surface area contributed by atoms with Crippen molar-refractivity contribution in [3.8, 4) is 0 Å². The average Bonchev–Trinajstić information content (AvgIpc) is 3.30. The minimum atomic E-state index is -4.88. The SMILES string of the molecule is CO[C@H]1[C@H]2OP(=O)(O)OCC34C[C@@H]3[C@@H](n3cnc5c(N)ncnc53)[C@H](C)[C@@H]4OP(O)(=S)OC[C@H]1O[C@H]2n1nnc2c(=O)[nH]c(N)nc21. The lowest BCUT2D eigenvalue weighted by Crippen LogP contribution is -2.37. The van der Waals surface area contributed by atoms with Gasteiger partial charge in [0.25, 0.3) is 5.56 Å². The maximum Gasteiger partial charge on any atom is 0.472 e. The topological polar surface area (TPSA) is 285 Å². The van der Waals surface area contributed by atoms with Gasteiger partial charge < -0.3 is 44.3 Å². The van der Waals surface area contributed by atoms with Gasteiger partial charge in [0.2, 0.25) is 5.95 Å². The normalized spacial score (nSPS) is 40.4. The first-order chi connectivity index (χ1) is 22.3. The van der Waals surface area contributed by atoms with Crippen LogP contribution in [0.5, 0.6) is 0 Å². The van der Waals surface area contributed by atoms with Gasteiger partial charge in [-0.15, -0.1) is 5.10 Å². The lowest BCUT2D eigenvalue weighted by molar-refractivity contribution is -0.0625. The maximum atomic E-state index is 13.7. The van der Waals surface area contributed by atoms with E-state index in [9.17, 15) is 19.1 Å². The second-order valence-electron chi connectivity index (χ2n) is 12.0. The number of nitrogens with two attached hydrogens (primary N) is 2. The number of ether oxygens (including phenoxy) is 2. The molecular weight excluding hydrogens is 684 g/mol. The fraction of sp³-hybridized carbons (Fsp3) is 0.609. The number of phosphoric ester groups is 1. The van der Waals surface area contributed by atoms with Crippen molar-refractivity contribution in [2.24, 2.45) is 17.3 Å². The number of hydrogen-bond donors (Lipinski definition) is 5. The van der Waals surface area contributed by atoms with Crippen LogP contribution in [0.3, 0.4) is 0 Å². The second-order valence-corrected chi connectivity index (χ2v) is 16.2. The summed E-state index contributed by atoms with van der Waals surface area (Å²) in [7, 11) is -3.55. The van der Waals surface area contributed by atoms with Gasteiger partial charge in [-0.25, -0.2) is 19.5 Å². The molecule has 8 rings (SSSR count). The number of nitrogen functional groups attached to an aromatic ring is 2. The van der Waals surface area contributed by atoms with E-state index in [1.54, 1.807) is 6.33 Å². The van der Waals surface area contributed by atoms with E-state index in [1.807, 2.05) is 11.5 Å². The van der Waals surface area contributed by atoms with Crippen LogP contribution in [0.1, 0.15) is 25.6 Å². The van der Waals surface area contributed by atoms with Crippen molar-refractivity contribution in [3.05, 3.63) is 23.0 Å². The lowest BCUT2D eigenvalue weighted by Gasteiger charge is -2.32. The first kappa shape index (κ1) is 31.3. The van der Waals surface area contributed by atoms with Crippen molar-refractivity contribution in [3.63, 3.8) is 0 Å². The summed E-state index contributed by atoms with van der Waals surface area (Å²) in [5, 5.41) is 7.83. The monoisotopic (exact) mass is 713 g/mol. The van der Waals surface area contributed by atoms with Crippen LogP contribution >= 0.6 is 14.5 Å². The molecular formula is C23H29N11O10P2S. The zero-order valence-electron chi connectivity index (χ0n) is 24.6. The molecule has 0 aromatic carbocycles. The van der Waals surface area contributed by atoms with Crippen molar-refractivity contribution in [1.82, 2.24) is 44.5 Å². The van der Waals surface area contributed by atoms with Gasteiger partial charge >= 0.3 is 14.5 Å². The van der Waals surface area contributed by atoms with E-state index in [2.05, 4.69) is 35.2 Å². The number of imidazole rings is 1. The molecule has 4 aromatic rings. The predicted molar refractivity (Wildman–Crippen MR) is 162 cm³/mol. The third-order valence-corrected chi connectivity index (χ3v) is 11.9. The number of fused-ring (bicyclic) bond motifs is 4. The fourth-order valence-corrected chi connectivity index (χ4v) is 9.93. The van der Waals surface area contributed by atoms with Gasteiger partial charge in [-0.3, -0.25) is 18.8 Å². The molecule has 3 unspecified atom stereocenters. The molecule has 252 valence electrons. The van der Waals surface area contributed by atoms with Gasteiger partial charge in [0.1, 0.15) is 30.2 Å². The van der Waals surface area contributed by atoms with Crippen LogP contribution in [0.4, 0.5) is 11.8 Å². The van der Waals surface area contributed by atoms with Gasteiger partial charge in [0.05, 0.1) is 25.6 Å². The zero-order chi connectivity index (χ0) is 33.0. The minimum Gasteiger partial charge on any atom is -0.382 e. The molecule has 11 atom stereocenters. The largest absolute Gasteiger partial charge is 0.472 e. The molecule has 2 aliphatic heterocycles. The quantitative estimate of drug-likeness (QED) is 0.171. The van der Waals surface area contributed by atoms with E-state index in [4.69, 9.17) is 50.8 Å². The number of phosphoric acid groups is 1. The van der Waals surface area contributed by atoms with E-state index >= 15 is 0 Å². The Morgan fingerprint density at radius 2 is 1.98 bits per heavy atom. The summed E-state index contributed by atoms with van der Waals surface area (Å²) in [6.07, 6.45) is -2.17. The number of H-pyrrole nitrogens is 1. The van der Waals surface area contributed by atoms with E-state index in [0.717, 1.165) is 4.68 Å². The number of nitrogens with one attached hydrogen (secondary N) is 1. The molecule has 1 spiro atoms. The Bertz CT molecular complexity index is 2060. The third kappa shape index (κ3) is 4.93. The highest BCUT2D eigenvalue weighted by Gasteiger charge is 2.72. The first-order valence-corrected chi connectivity index (χ1v) is 18.4. The Hall–Kier alpha value is -3.01. The summed E-state index contributed by atoms with van der Waals surface area (Å²) in [5.41, 5.74) is 10.9. The predicted octanol–water partition coefficient (Wildman–Crippen LogP) is -0.237. The number of hydrogen-bond acceptors (Lipinski definition) is 17. The summed E-state index contributed by atoms with van der Waals surface area (Å²) >= 11 is 5.48. The van der Waals surface area contributed by atoms with Gasteiger partial charge in [-0.1, -0.05) is 12.1 Å². The van der Waals surface area contributed by atoms with Crippen LogP contribution in [0.2, 0.25) is 0 Å². The lowest BCUT2D eigenvalue weighted by atomic mass is 9.94. The highest BCUT2D eigenvalue weighted by Crippen LogP contribution is 2.73. The van der Waals surface area contributed by atoms with Crippen LogP contribution in [-0.2, 0) is 43.9 Å². The van der Waals surface area contributed by atoms with Gasteiger partial charge in [-0.2, -0.15) is 9.67 Å². The molecule has 0 radical (unpaired) electrons. The Labute approximate surface area is 268 Å². The average molecular weight is 714 g/mol. The molecule has 2 saturated heterocycles. The third-order valence-electron chi connectivity index (χ3n) is 9.43. The van der Waals surface area contributed by atoms with Crippen LogP contribution < -0.4 is 17.0 Å². The van der Waals surface area contributed by atoms with E-state index in [0.29, 0.717) is 17.6 Å². The van der Waals surface area contributed by atoms with Gasteiger partial charge in [0, 0.05) is 24.5 Å². The number of rotatable bonds is 3. The summed E-state index contributed by atoms with van der Waals surface area (Å²) in [5.74, 6) is -0.482. The van der Waals surface area contributed by atoms with Crippen LogP contribution in [-0.4, -0.2) is 99.0 Å². The smallest absolute Gasteiger partial charge is 0.382 e. The number of methoxy groups -OCH3 is 1. The van der Waals surface area contributed by atoms with Crippen LogP contribution in [0, 0.1) is 17.3 Å². The summed E-state index contributed by atoms with van der Waals surface area (Å²) in [4.78, 5) is 54.1. The molecule has 21 nitrogen and oxygen atoms in total. The first-order valence-electron chi connectivity index (χ1n) is 14.4. The molecule has 24 heteroatoms. The van der Waals surface area contributed by atoms with E-state index < -0.39 is 56.2 Å². The van der Waals surface area contributed by atoms with Gasteiger partial charge in [-0.05, 0) is 24.1 Å². The van der Waals surface area contributed by atoms with E-state index in [-0.39, 0.29) is 54.0 Å². The molecule has 4 aromatic heterocycles. The van der Waals surface area contributed by atoms with Crippen LogP contribution in [0.15, 0.2) is 17.4 Å². The van der Waals surface area contributed by atoms with Crippen molar-refractivity contribution in [2.45, 2.75) is 50.0 Å². The molecule has 47 heavy (non-hydrogen) atoms. The molecule has 4 fully saturated rings. The van der Waals surface area contributed by atoms with Gasteiger partial charge in [0.15, 0.2) is 28.9 Å². The van der Waals surface area contributed by atoms with E-state index in [1.165, 1.54) is 13.4 Å². The second kappa shape index (κ2) is 10.7. The zero-order valence-corrected chi connectivity index (χ0v) is 27.2. The van der Waals surface area contributed by atoms with Crippen molar-refractivity contribution >= 4 is 60.4 Å². The minimum absolute atomic E-state index is 0.0840. The molecule has 4 aliphatic rings. The van der Waals surface area contributed by atoms with Crippen molar-refractivity contribution in [2.75, 3.05) is 31.8 Å². The molecule has 2 aliphatic carbocycles. The van der Waals surface area contributed by atoms with Crippen LogP contribution in [0.25, 0.3) is 22.3 Å². The summed E-state index contributed by atoms with van der Waals surface area (Å²) in [6.45, 7) is -2.73. The maximum absolute atomic E-state index is 13.7. The van der Waals surface area contributed by atoms with Crippen molar-refractivity contribution in [1.29, 1.82) is 0 Å². The molecule has 2 bridgehead atoms. The number of aromatic nitrogens is 9.